The molecule has 4 rings (SSSR count). The van der Waals surface area contributed by atoms with Gasteiger partial charge < -0.3 is 10.2 Å². The number of hydrogen-bond donors (Lipinski definition) is 1. The fourth-order valence-corrected chi connectivity index (χ4v) is 3.63. The minimum absolute atomic E-state index is 0.0312. The van der Waals surface area contributed by atoms with Crippen LogP contribution in [0.4, 0.5) is 4.39 Å². The van der Waals surface area contributed by atoms with Crippen LogP contribution >= 0.6 is 0 Å². The molecular formula is C21H21FN4O2. The summed E-state index contributed by atoms with van der Waals surface area (Å²) in [6.07, 6.45) is 0.247. The normalized spacial score (nSPS) is 16.8. The summed E-state index contributed by atoms with van der Waals surface area (Å²) >= 11 is 0. The largest absolute Gasteiger partial charge is 0.346 e. The lowest BCUT2D eigenvalue weighted by atomic mass is 10.1. The smallest absolute Gasteiger partial charge is 0.272 e. The zero-order valence-electron chi connectivity index (χ0n) is 15.8. The highest BCUT2D eigenvalue weighted by Gasteiger charge is 2.31. The average Bonchev–Trinajstić information content (AvgIpc) is 3.16. The number of amides is 2. The molecule has 2 heterocycles. The quantitative estimate of drug-likeness (QED) is 0.756. The highest BCUT2D eigenvalue weighted by atomic mass is 19.1. The van der Waals surface area contributed by atoms with Crippen LogP contribution in [-0.2, 0) is 18.4 Å². The number of nitrogens with one attached hydrogen (secondary N) is 1. The van der Waals surface area contributed by atoms with Crippen molar-refractivity contribution < 1.29 is 14.0 Å². The van der Waals surface area contributed by atoms with E-state index in [0.29, 0.717) is 18.8 Å². The van der Waals surface area contributed by atoms with E-state index in [9.17, 15) is 14.0 Å². The number of rotatable bonds is 4. The second kappa shape index (κ2) is 7.07. The maximum Gasteiger partial charge on any atom is 0.272 e. The van der Waals surface area contributed by atoms with Crippen LogP contribution in [0.3, 0.4) is 0 Å². The molecular weight excluding hydrogens is 359 g/mol. The number of halogens is 1. The van der Waals surface area contributed by atoms with Crippen molar-refractivity contribution in [2.75, 3.05) is 6.54 Å². The van der Waals surface area contributed by atoms with Crippen LogP contribution in [0.25, 0.3) is 10.9 Å². The van der Waals surface area contributed by atoms with Crippen molar-refractivity contribution in [3.63, 3.8) is 0 Å². The summed E-state index contributed by atoms with van der Waals surface area (Å²) in [6, 6.07) is 11.7. The van der Waals surface area contributed by atoms with Gasteiger partial charge in [-0.15, -0.1) is 0 Å². The summed E-state index contributed by atoms with van der Waals surface area (Å²) in [4.78, 5) is 26.8. The lowest BCUT2D eigenvalue weighted by Gasteiger charge is -2.17. The molecule has 144 valence electrons. The van der Waals surface area contributed by atoms with Gasteiger partial charge in [-0.2, -0.15) is 5.10 Å². The molecule has 1 fully saturated rings. The molecule has 1 atom stereocenters. The maximum atomic E-state index is 13.0. The second-order valence-electron chi connectivity index (χ2n) is 7.27. The monoisotopic (exact) mass is 380 g/mol. The Balaban J connectivity index is 1.46. The Morgan fingerprint density at radius 1 is 1.25 bits per heavy atom. The molecule has 1 aromatic heterocycles. The maximum absolute atomic E-state index is 13.0. The number of carbonyl (C=O) groups is 2. The van der Waals surface area contributed by atoms with Gasteiger partial charge in [0.1, 0.15) is 5.82 Å². The molecule has 28 heavy (non-hydrogen) atoms. The van der Waals surface area contributed by atoms with Gasteiger partial charge in [-0.3, -0.25) is 14.3 Å². The molecule has 0 aliphatic carbocycles. The first-order valence-corrected chi connectivity index (χ1v) is 9.17. The third kappa shape index (κ3) is 3.47. The van der Waals surface area contributed by atoms with Gasteiger partial charge in [0.15, 0.2) is 5.69 Å². The van der Waals surface area contributed by atoms with Gasteiger partial charge >= 0.3 is 0 Å². The molecule has 0 spiro atoms. The SMILES string of the molecule is Cc1ccc2c(c1)c(C(=O)N[C@@H]1CC(=O)N(Cc3ccc(F)cc3)C1)nn2C. The van der Waals surface area contributed by atoms with Crippen molar-refractivity contribution in [3.8, 4) is 0 Å². The number of aromatic nitrogens is 2. The zero-order valence-corrected chi connectivity index (χ0v) is 15.8. The van der Waals surface area contributed by atoms with Crippen molar-refractivity contribution in [1.82, 2.24) is 20.0 Å². The predicted molar refractivity (Wildman–Crippen MR) is 103 cm³/mol. The Morgan fingerprint density at radius 3 is 2.75 bits per heavy atom. The van der Waals surface area contributed by atoms with Crippen LogP contribution in [0.1, 0.15) is 28.0 Å². The molecule has 0 radical (unpaired) electrons. The summed E-state index contributed by atoms with van der Waals surface area (Å²) in [6.45, 7) is 2.79. The van der Waals surface area contributed by atoms with Gasteiger partial charge in [-0.25, -0.2) is 4.39 Å². The summed E-state index contributed by atoms with van der Waals surface area (Å²) < 4.78 is 14.7. The van der Waals surface area contributed by atoms with E-state index in [1.807, 2.05) is 25.1 Å². The number of nitrogens with zero attached hydrogens (tertiary/aromatic N) is 3. The molecule has 2 aromatic carbocycles. The molecule has 3 aromatic rings. The molecule has 7 heteroatoms. The highest BCUT2D eigenvalue weighted by Crippen LogP contribution is 2.21. The predicted octanol–water partition coefficient (Wildman–Crippen LogP) is 2.55. The first kappa shape index (κ1) is 18.2. The van der Waals surface area contributed by atoms with Gasteiger partial charge in [0.2, 0.25) is 5.91 Å². The second-order valence-corrected chi connectivity index (χ2v) is 7.27. The van der Waals surface area contributed by atoms with Crippen LogP contribution < -0.4 is 5.32 Å². The fraction of sp³-hybridized carbons (Fsp3) is 0.286. The molecule has 0 unspecified atom stereocenters. The molecule has 6 nitrogen and oxygen atoms in total. The van der Waals surface area contributed by atoms with E-state index in [-0.39, 0.29) is 30.1 Å². The molecule has 1 aliphatic heterocycles. The van der Waals surface area contributed by atoms with E-state index < -0.39 is 0 Å². The number of hydrogen-bond acceptors (Lipinski definition) is 3. The lowest BCUT2D eigenvalue weighted by Crippen LogP contribution is -2.37. The molecule has 2 amide bonds. The van der Waals surface area contributed by atoms with Crippen molar-refractivity contribution >= 4 is 22.7 Å². The number of benzene rings is 2. The molecule has 0 saturated carbocycles. The topological polar surface area (TPSA) is 67.2 Å². The zero-order chi connectivity index (χ0) is 19.8. The third-order valence-electron chi connectivity index (χ3n) is 5.06. The van der Waals surface area contributed by atoms with E-state index in [2.05, 4.69) is 10.4 Å². The summed E-state index contributed by atoms with van der Waals surface area (Å²) in [5.41, 5.74) is 3.16. The van der Waals surface area contributed by atoms with Crippen molar-refractivity contribution in [1.29, 1.82) is 0 Å². The van der Waals surface area contributed by atoms with E-state index in [1.54, 1.807) is 28.8 Å². The molecule has 1 aliphatic rings. The van der Waals surface area contributed by atoms with Crippen LogP contribution in [0, 0.1) is 12.7 Å². The van der Waals surface area contributed by atoms with E-state index in [0.717, 1.165) is 22.0 Å². The van der Waals surface area contributed by atoms with Gasteiger partial charge in [0.05, 0.1) is 11.6 Å². The minimum atomic E-state index is -0.306. The Labute approximate surface area is 161 Å². The van der Waals surface area contributed by atoms with Crippen LogP contribution in [0.5, 0.6) is 0 Å². The number of likely N-dealkylation sites (tertiary alicyclic amines) is 1. The van der Waals surface area contributed by atoms with Crippen molar-refractivity contribution in [2.45, 2.75) is 25.9 Å². The minimum Gasteiger partial charge on any atom is -0.346 e. The standard InChI is InChI=1S/C21H21FN4O2/c1-13-3-8-18-17(9-13)20(24-25(18)2)21(28)23-16-10-19(27)26(12-16)11-14-4-6-15(22)7-5-14/h3-9,16H,10-12H2,1-2H3,(H,23,28)/t16-/m1/s1. The Hall–Kier alpha value is -3.22. The van der Waals surface area contributed by atoms with Crippen LogP contribution in [0.15, 0.2) is 42.5 Å². The molecule has 0 bridgehead atoms. The number of fused-ring (bicyclic) bond motifs is 1. The van der Waals surface area contributed by atoms with E-state index in [4.69, 9.17) is 0 Å². The third-order valence-corrected chi connectivity index (χ3v) is 5.06. The summed E-state index contributed by atoms with van der Waals surface area (Å²) in [5.74, 6) is -0.617. The Morgan fingerprint density at radius 2 is 2.00 bits per heavy atom. The van der Waals surface area contributed by atoms with Crippen LogP contribution in [0.2, 0.25) is 0 Å². The lowest BCUT2D eigenvalue weighted by molar-refractivity contribution is -0.128. The van der Waals surface area contributed by atoms with E-state index in [1.165, 1.54) is 12.1 Å². The number of aryl methyl sites for hydroxylation is 2. The highest BCUT2D eigenvalue weighted by molar-refractivity contribution is 6.05. The van der Waals surface area contributed by atoms with Crippen LogP contribution in [-0.4, -0.2) is 39.1 Å². The van der Waals surface area contributed by atoms with Gasteiger partial charge in [-0.05, 0) is 36.8 Å². The molecule has 1 saturated heterocycles. The first-order valence-electron chi connectivity index (χ1n) is 9.17. The molecule has 1 N–H and O–H groups in total. The Kier molecular flexibility index (Phi) is 4.58. The van der Waals surface area contributed by atoms with E-state index >= 15 is 0 Å². The van der Waals surface area contributed by atoms with Gasteiger partial charge in [-0.1, -0.05) is 23.8 Å². The van der Waals surface area contributed by atoms with Gasteiger partial charge in [0, 0.05) is 31.9 Å². The first-order chi connectivity index (χ1) is 13.4. The fourth-order valence-electron chi connectivity index (χ4n) is 3.63. The summed E-state index contributed by atoms with van der Waals surface area (Å²) in [7, 11) is 1.80. The van der Waals surface area contributed by atoms with Crippen molar-refractivity contribution in [3.05, 3.63) is 65.1 Å². The van der Waals surface area contributed by atoms with Gasteiger partial charge in [0.25, 0.3) is 5.91 Å². The summed E-state index contributed by atoms with van der Waals surface area (Å²) in [5, 5.41) is 8.09. The average molecular weight is 380 g/mol. The number of carbonyl (C=O) groups excluding carboxylic acids is 2. The Bertz CT molecular complexity index is 1060. The van der Waals surface area contributed by atoms with Crippen molar-refractivity contribution in [2.24, 2.45) is 7.05 Å².